The molecule has 2 aromatic heterocycles. The summed E-state index contributed by atoms with van der Waals surface area (Å²) in [6.07, 6.45) is 10.0. The lowest BCUT2D eigenvalue weighted by Crippen LogP contribution is -2.23. The van der Waals surface area contributed by atoms with Crippen molar-refractivity contribution in [3.05, 3.63) is 83.8 Å². The standard InChI is InChI=1S/C28H27N3O4/c1-18-14-26(35-17-28(12-13-28)27(32)33)30-16-22(18)20-8-11-24(29-15-20)25-5-3-4-23(31-25)19-6-9-21(34-2)10-7-19/h4-11,14-16,31H,3,12-13,17H2,1-2H3,(H,32,33). The predicted molar refractivity (Wildman–Crippen MR) is 134 cm³/mol. The topological polar surface area (TPSA) is 93.6 Å². The molecule has 1 saturated carbocycles. The Kier molecular flexibility index (Phi) is 5.99. The van der Waals surface area contributed by atoms with E-state index in [9.17, 15) is 9.90 Å². The van der Waals surface area contributed by atoms with E-state index in [0.717, 1.165) is 51.5 Å². The molecular formula is C28H27N3O4. The Balaban J connectivity index is 1.26. The van der Waals surface area contributed by atoms with Crippen molar-refractivity contribution in [1.29, 1.82) is 0 Å². The van der Waals surface area contributed by atoms with Crippen LogP contribution in [0.2, 0.25) is 0 Å². The quantitative estimate of drug-likeness (QED) is 0.475. The lowest BCUT2D eigenvalue weighted by Gasteiger charge is -2.19. The number of carbonyl (C=O) groups is 1. The van der Waals surface area contributed by atoms with Crippen LogP contribution in [-0.4, -0.2) is 34.8 Å². The highest BCUT2D eigenvalue weighted by Gasteiger charge is 2.51. The van der Waals surface area contributed by atoms with E-state index in [2.05, 4.69) is 22.5 Å². The SMILES string of the molecule is COc1ccc(C2=CCC=C(c3ccc(-c4cnc(OCC5(C(=O)O)CC5)cc4C)cn3)N2)cc1. The van der Waals surface area contributed by atoms with Gasteiger partial charge in [0.15, 0.2) is 0 Å². The molecule has 0 saturated heterocycles. The summed E-state index contributed by atoms with van der Waals surface area (Å²) in [5, 5.41) is 12.8. The van der Waals surface area contributed by atoms with Crippen molar-refractivity contribution < 1.29 is 19.4 Å². The van der Waals surface area contributed by atoms with E-state index in [1.807, 2.05) is 55.6 Å². The van der Waals surface area contributed by atoms with Crippen molar-refractivity contribution in [3.8, 4) is 22.8 Å². The van der Waals surface area contributed by atoms with Crippen molar-refractivity contribution in [2.75, 3.05) is 13.7 Å². The number of dihydropyridines is 1. The highest BCUT2D eigenvalue weighted by molar-refractivity contribution is 5.79. The fourth-order valence-corrected chi connectivity index (χ4v) is 4.08. The molecule has 0 bridgehead atoms. The zero-order valence-electron chi connectivity index (χ0n) is 19.7. The first-order valence-corrected chi connectivity index (χ1v) is 11.6. The summed E-state index contributed by atoms with van der Waals surface area (Å²) in [6.45, 7) is 2.14. The van der Waals surface area contributed by atoms with Gasteiger partial charge in [0.25, 0.3) is 0 Å². The summed E-state index contributed by atoms with van der Waals surface area (Å²) in [4.78, 5) is 20.4. The summed E-state index contributed by atoms with van der Waals surface area (Å²) >= 11 is 0. The molecule has 2 N–H and O–H groups in total. The molecule has 0 atom stereocenters. The highest BCUT2D eigenvalue weighted by atomic mass is 16.5. The largest absolute Gasteiger partial charge is 0.497 e. The number of aryl methyl sites for hydroxylation is 1. The lowest BCUT2D eigenvalue weighted by atomic mass is 10.0. The monoisotopic (exact) mass is 469 g/mol. The third-order valence-electron chi connectivity index (χ3n) is 6.55. The average molecular weight is 470 g/mol. The van der Waals surface area contributed by atoms with Crippen LogP contribution in [0.4, 0.5) is 0 Å². The van der Waals surface area contributed by atoms with Crippen molar-refractivity contribution >= 4 is 17.4 Å². The molecule has 0 unspecified atom stereocenters. The first-order chi connectivity index (χ1) is 17.0. The number of nitrogens with zero attached hydrogens (tertiary/aromatic N) is 2. The maximum absolute atomic E-state index is 11.3. The van der Waals surface area contributed by atoms with Crippen LogP contribution in [0.15, 0.2) is 67.0 Å². The van der Waals surface area contributed by atoms with Gasteiger partial charge in [-0.15, -0.1) is 0 Å². The smallest absolute Gasteiger partial charge is 0.313 e. The Labute approximate surface area is 204 Å². The van der Waals surface area contributed by atoms with Crippen molar-refractivity contribution in [2.24, 2.45) is 5.41 Å². The first kappa shape index (κ1) is 22.7. The second-order valence-corrected chi connectivity index (χ2v) is 8.97. The number of carboxylic acid groups (broad SMARTS) is 1. The van der Waals surface area contributed by atoms with Crippen LogP contribution in [0, 0.1) is 12.3 Å². The Bertz CT molecular complexity index is 1310. The second kappa shape index (κ2) is 9.25. The number of hydrogen-bond acceptors (Lipinski definition) is 6. The summed E-state index contributed by atoms with van der Waals surface area (Å²) < 4.78 is 10.9. The van der Waals surface area contributed by atoms with Gasteiger partial charge in [-0.05, 0) is 67.6 Å². The van der Waals surface area contributed by atoms with E-state index >= 15 is 0 Å². The van der Waals surface area contributed by atoms with Crippen molar-refractivity contribution in [3.63, 3.8) is 0 Å². The number of ether oxygens (including phenoxy) is 2. The molecule has 1 aliphatic heterocycles. The van der Waals surface area contributed by atoms with Crippen LogP contribution in [0.1, 0.15) is 36.1 Å². The fourth-order valence-electron chi connectivity index (χ4n) is 4.08. The van der Waals surface area contributed by atoms with Gasteiger partial charge in [0, 0.05) is 35.3 Å². The van der Waals surface area contributed by atoms with Gasteiger partial charge in [-0.3, -0.25) is 9.78 Å². The number of carboxylic acids is 1. The molecule has 1 aromatic carbocycles. The minimum atomic E-state index is -0.800. The molecule has 35 heavy (non-hydrogen) atoms. The van der Waals surface area contributed by atoms with Crippen LogP contribution in [0.3, 0.4) is 0 Å². The van der Waals surface area contributed by atoms with Crippen LogP contribution in [-0.2, 0) is 4.79 Å². The number of aromatic nitrogens is 2. The van der Waals surface area contributed by atoms with Crippen LogP contribution >= 0.6 is 0 Å². The van der Waals surface area contributed by atoms with E-state index in [0.29, 0.717) is 18.7 Å². The number of aliphatic carboxylic acids is 1. The van der Waals surface area contributed by atoms with Crippen molar-refractivity contribution in [1.82, 2.24) is 15.3 Å². The number of pyridine rings is 2. The van der Waals surface area contributed by atoms with E-state index in [1.165, 1.54) is 0 Å². The van der Waals surface area contributed by atoms with Crippen LogP contribution in [0.25, 0.3) is 22.5 Å². The lowest BCUT2D eigenvalue weighted by molar-refractivity contribution is -0.144. The normalized spacial score (nSPS) is 15.9. The zero-order valence-corrected chi connectivity index (χ0v) is 19.7. The first-order valence-electron chi connectivity index (χ1n) is 11.6. The molecule has 1 aliphatic carbocycles. The highest BCUT2D eigenvalue weighted by Crippen LogP contribution is 2.46. The molecule has 3 aromatic rings. The Morgan fingerprint density at radius 2 is 1.77 bits per heavy atom. The third-order valence-corrected chi connectivity index (χ3v) is 6.55. The molecule has 7 heteroatoms. The average Bonchev–Trinajstić information content (AvgIpc) is 3.69. The number of rotatable bonds is 8. The van der Waals surface area contributed by atoms with Crippen molar-refractivity contribution in [2.45, 2.75) is 26.2 Å². The molecule has 7 nitrogen and oxygen atoms in total. The number of nitrogens with one attached hydrogen (secondary N) is 1. The molecule has 0 radical (unpaired) electrons. The zero-order chi connectivity index (χ0) is 24.4. The Morgan fingerprint density at radius 3 is 2.40 bits per heavy atom. The molecule has 5 rings (SSSR count). The van der Waals surface area contributed by atoms with E-state index in [1.54, 1.807) is 13.3 Å². The second-order valence-electron chi connectivity index (χ2n) is 8.97. The van der Waals surface area contributed by atoms with Crippen LogP contribution < -0.4 is 14.8 Å². The number of hydrogen-bond donors (Lipinski definition) is 2. The molecule has 1 fully saturated rings. The summed E-state index contributed by atoms with van der Waals surface area (Å²) in [6, 6.07) is 13.8. The van der Waals surface area contributed by atoms with Gasteiger partial charge in [0.05, 0.1) is 18.5 Å². The number of methoxy groups -OCH3 is 1. The number of allylic oxidation sites excluding steroid dienone is 2. The van der Waals surface area contributed by atoms with E-state index < -0.39 is 11.4 Å². The van der Waals surface area contributed by atoms with Gasteiger partial charge in [-0.2, -0.15) is 0 Å². The fraction of sp³-hybridized carbons (Fsp3) is 0.250. The van der Waals surface area contributed by atoms with Gasteiger partial charge >= 0.3 is 5.97 Å². The maximum atomic E-state index is 11.3. The summed E-state index contributed by atoms with van der Waals surface area (Å²) in [7, 11) is 1.66. The molecule has 0 spiro atoms. The molecule has 178 valence electrons. The van der Waals surface area contributed by atoms with Gasteiger partial charge in [0.1, 0.15) is 17.8 Å². The molecule has 2 aliphatic rings. The number of benzene rings is 1. The van der Waals surface area contributed by atoms with E-state index in [4.69, 9.17) is 14.5 Å². The maximum Gasteiger partial charge on any atom is 0.313 e. The van der Waals surface area contributed by atoms with Gasteiger partial charge in [0.2, 0.25) is 5.88 Å². The Morgan fingerprint density at radius 1 is 1.03 bits per heavy atom. The Hall–Kier alpha value is -4.13. The van der Waals surface area contributed by atoms with Gasteiger partial charge in [-0.1, -0.05) is 18.2 Å². The summed E-state index contributed by atoms with van der Waals surface area (Å²) in [5.41, 5.74) is 6.13. The molecule has 0 amide bonds. The molecular weight excluding hydrogens is 442 g/mol. The molecule has 3 heterocycles. The van der Waals surface area contributed by atoms with E-state index in [-0.39, 0.29) is 6.61 Å². The minimum absolute atomic E-state index is 0.152. The van der Waals surface area contributed by atoms with Gasteiger partial charge < -0.3 is 19.9 Å². The minimum Gasteiger partial charge on any atom is -0.497 e. The predicted octanol–water partition coefficient (Wildman–Crippen LogP) is 5.08. The van der Waals surface area contributed by atoms with Crippen LogP contribution in [0.5, 0.6) is 11.6 Å². The third kappa shape index (κ3) is 4.75. The van der Waals surface area contributed by atoms with Gasteiger partial charge in [-0.25, -0.2) is 4.98 Å². The summed E-state index contributed by atoms with van der Waals surface area (Å²) in [5.74, 6) is 0.471.